The van der Waals surface area contributed by atoms with Gasteiger partial charge in [0.25, 0.3) is 0 Å². The fourth-order valence-corrected chi connectivity index (χ4v) is 4.47. The van der Waals surface area contributed by atoms with Crippen LogP contribution in [0.3, 0.4) is 0 Å². The van der Waals surface area contributed by atoms with Crippen LogP contribution in [0, 0.1) is 0 Å². The maximum atomic E-state index is 6.09. The van der Waals surface area contributed by atoms with Crippen LogP contribution in [0.5, 0.6) is 0 Å². The molecule has 1 aliphatic heterocycles. The SMILES string of the molecule is CC(c1nnc(-c2cccc(Cl)c2)o1)N1CCN(Cc2cccc3ccccc23)CC1. The summed E-state index contributed by atoms with van der Waals surface area (Å²) in [5.41, 5.74) is 2.24. The fraction of sp³-hybridized carbons (Fsp3) is 0.280. The third-order valence-electron chi connectivity index (χ3n) is 6.10. The quantitative estimate of drug-likeness (QED) is 0.421. The Morgan fingerprint density at radius 1 is 0.935 bits per heavy atom. The second-order valence-corrected chi connectivity index (χ2v) is 8.52. The van der Waals surface area contributed by atoms with Crippen molar-refractivity contribution in [2.75, 3.05) is 26.2 Å². The summed E-state index contributed by atoms with van der Waals surface area (Å²) in [6.45, 7) is 7.09. The minimum absolute atomic E-state index is 0.0835. The van der Waals surface area contributed by atoms with Gasteiger partial charge >= 0.3 is 0 Å². The number of halogens is 1. The van der Waals surface area contributed by atoms with Crippen molar-refractivity contribution < 1.29 is 4.42 Å². The third-order valence-corrected chi connectivity index (χ3v) is 6.33. The summed E-state index contributed by atoms with van der Waals surface area (Å²) in [6.07, 6.45) is 0. The van der Waals surface area contributed by atoms with Crippen LogP contribution < -0.4 is 0 Å². The lowest BCUT2D eigenvalue weighted by atomic mass is 10.0. The number of fused-ring (bicyclic) bond motifs is 1. The summed E-state index contributed by atoms with van der Waals surface area (Å²) in [4.78, 5) is 4.94. The Morgan fingerprint density at radius 3 is 2.55 bits per heavy atom. The van der Waals surface area contributed by atoms with Gasteiger partial charge in [-0.25, -0.2) is 0 Å². The van der Waals surface area contributed by atoms with Gasteiger partial charge in [-0.3, -0.25) is 9.80 Å². The van der Waals surface area contributed by atoms with Gasteiger partial charge in [0.2, 0.25) is 11.8 Å². The molecule has 1 unspecified atom stereocenters. The van der Waals surface area contributed by atoms with E-state index in [0.717, 1.165) is 38.3 Å². The topological polar surface area (TPSA) is 45.4 Å². The van der Waals surface area contributed by atoms with E-state index in [2.05, 4.69) is 69.4 Å². The van der Waals surface area contributed by atoms with Crippen LogP contribution >= 0.6 is 11.6 Å². The van der Waals surface area contributed by atoms with E-state index in [4.69, 9.17) is 16.0 Å². The van der Waals surface area contributed by atoms with E-state index in [1.165, 1.54) is 16.3 Å². The first-order chi connectivity index (χ1) is 15.2. The van der Waals surface area contributed by atoms with Gasteiger partial charge < -0.3 is 4.42 Å². The molecule has 0 N–H and O–H groups in total. The Hall–Kier alpha value is -2.73. The summed E-state index contributed by atoms with van der Waals surface area (Å²) >= 11 is 6.09. The number of hydrogen-bond donors (Lipinski definition) is 0. The molecule has 0 radical (unpaired) electrons. The van der Waals surface area contributed by atoms with Crippen molar-refractivity contribution in [2.45, 2.75) is 19.5 Å². The molecule has 0 saturated carbocycles. The number of nitrogens with zero attached hydrogens (tertiary/aromatic N) is 4. The number of rotatable bonds is 5. The van der Waals surface area contributed by atoms with Crippen molar-refractivity contribution in [2.24, 2.45) is 0 Å². The summed E-state index contributed by atoms with van der Waals surface area (Å²) in [5, 5.41) is 11.8. The average molecular weight is 433 g/mol. The monoisotopic (exact) mass is 432 g/mol. The molecular weight excluding hydrogens is 408 g/mol. The van der Waals surface area contributed by atoms with Crippen molar-refractivity contribution in [3.8, 4) is 11.5 Å². The van der Waals surface area contributed by atoms with Crippen LogP contribution in [0.25, 0.3) is 22.2 Å². The van der Waals surface area contributed by atoms with Gasteiger partial charge in [0, 0.05) is 43.3 Å². The van der Waals surface area contributed by atoms with Gasteiger partial charge in [0.1, 0.15) is 0 Å². The molecule has 5 rings (SSSR count). The molecule has 4 aromatic rings. The molecule has 1 saturated heterocycles. The second kappa shape index (κ2) is 8.79. The largest absolute Gasteiger partial charge is 0.419 e. The Labute approximate surface area is 187 Å². The summed E-state index contributed by atoms with van der Waals surface area (Å²) in [5.74, 6) is 1.16. The smallest absolute Gasteiger partial charge is 0.247 e. The number of piperazine rings is 1. The van der Waals surface area contributed by atoms with E-state index in [-0.39, 0.29) is 6.04 Å². The molecule has 0 amide bonds. The van der Waals surface area contributed by atoms with Crippen molar-refractivity contribution in [3.63, 3.8) is 0 Å². The van der Waals surface area contributed by atoms with E-state index in [1.807, 2.05) is 24.3 Å². The molecule has 5 nitrogen and oxygen atoms in total. The van der Waals surface area contributed by atoms with Gasteiger partial charge in [-0.1, -0.05) is 60.1 Å². The normalized spacial score (nSPS) is 16.6. The van der Waals surface area contributed by atoms with Crippen molar-refractivity contribution in [1.82, 2.24) is 20.0 Å². The summed E-state index contributed by atoms with van der Waals surface area (Å²) < 4.78 is 5.97. The molecule has 0 spiro atoms. The zero-order chi connectivity index (χ0) is 21.2. The predicted octanol–water partition coefficient (Wildman–Crippen LogP) is 5.42. The number of hydrogen-bond acceptors (Lipinski definition) is 5. The van der Waals surface area contributed by atoms with Gasteiger partial charge in [0.15, 0.2) is 0 Å². The lowest BCUT2D eigenvalue weighted by Gasteiger charge is -2.37. The molecule has 3 aromatic carbocycles. The van der Waals surface area contributed by atoms with Crippen LogP contribution in [0.15, 0.2) is 71.1 Å². The highest BCUT2D eigenvalue weighted by Crippen LogP contribution is 2.27. The van der Waals surface area contributed by atoms with Crippen molar-refractivity contribution in [1.29, 1.82) is 0 Å². The molecule has 1 fully saturated rings. The third kappa shape index (κ3) is 4.35. The highest BCUT2D eigenvalue weighted by Gasteiger charge is 2.26. The average Bonchev–Trinajstić information content (AvgIpc) is 3.30. The summed E-state index contributed by atoms with van der Waals surface area (Å²) in [6, 6.07) is 22.8. The van der Waals surface area contributed by atoms with Gasteiger partial charge in [-0.2, -0.15) is 0 Å². The molecule has 1 aliphatic rings. The van der Waals surface area contributed by atoms with E-state index in [9.17, 15) is 0 Å². The predicted molar refractivity (Wildman–Crippen MR) is 124 cm³/mol. The molecule has 1 atom stereocenters. The zero-order valence-corrected chi connectivity index (χ0v) is 18.3. The second-order valence-electron chi connectivity index (χ2n) is 8.08. The van der Waals surface area contributed by atoms with Crippen LogP contribution in [-0.2, 0) is 6.54 Å². The van der Waals surface area contributed by atoms with Crippen molar-refractivity contribution in [3.05, 3.63) is 83.2 Å². The van der Waals surface area contributed by atoms with E-state index in [1.54, 1.807) is 0 Å². The molecule has 31 heavy (non-hydrogen) atoms. The minimum atomic E-state index is 0.0835. The molecule has 6 heteroatoms. The maximum absolute atomic E-state index is 6.09. The first kappa shape index (κ1) is 20.2. The zero-order valence-electron chi connectivity index (χ0n) is 17.5. The van der Waals surface area contributed by atoms with Crippen LogP contribution in [0.4, 0.5) is 0 Å². The minimum Gasteiger partial charge on any atom is -0.419 e. The number of benzene rings is 3. The molecule has 158 valence electrons. The van der Waals surface area contributed by atoms with Crippen molar-refractivity contribution >= 4 is 22.4 Å². The highest BCUT2D eigenvalue weighted by molar-refractivity contribution is 6.30. The Bertz CT molecular complexity index is 1180. The Balaban J connectivity index is 1.22. The fourth-order valence-electron chi connectivity index (χ4n) is 4.28. The molecule has 2 heterocycles. The van der Waals surface area contributed by atoms with Gasteiger partial charge in [-0.05, 0) is 41.5 Å². The molecule has 0 bridgehead atoms. The van der Waals surface area contributed by atoms with Crippen LogP contribution in [0.1, 0.15) is 24.4 Å². The highest BCUT2D eigenvalue weighted by atomic mass is 35.5. The lowest BCUT2D eigenvalue weighted by Crippen LogP contribution is -2.46. The van der Waals surface area contributed by atoms with E-state index >= 15 is 0 Å². The Morgan fingerprint density at radius 2 is 1.71 bits per heavy atom. The molecule has 0 aliphatic carbocycles. The summed E-state index contributed by atoms with van der Waals surface area (Å²) in [7, 11) is 0. The Kier molecular flexibility index (Phi) is 5.72. The molecular formula is C25H25ClN4O. The standard InChI is InChI=1S/C25H25ClN4O/c1-18(24-27-28-25(31-24)20-8-5-10-22(26)16-20)30-14-12-29(13-15-30)17-21-9-4-7-19-6-2-3-11-23(19)21/h2-11,16,18H,12-15,17H2,1H3. The first-order valence-electron chi connectivity index (χ1n) is 10.7. The van der Waals surface area contributed by atoms with Crippen LogP contribution in [0.2, 0.25) is 5.02 Å². The van der Waals surface area contributed by atoms with Crippen LogP contribution in [-0.4, -0.2) is 46.2 Å². The van der Waals surface area contributed by atoms with E-state index in [0.29, 0.717) is 16.8 Å². The number of aromatic nitrogens is 2. The maximum Gasteiger partial charge on any atom is 0.247 e. The van der Waals surface area contributed by atoms with Gasteiger partial charge in [-0.15, -0.1) is 10.2 Å². The van der Waals surface area contributed by atoms with E-state index < -0.39 is 0 Å². The van der Waals surface area contributed by atoms with Gasteiger partial charge in [0.05, 0.1) is 6.04 Å². The lowest BCUT2D eigenvalue weighted by molar-refractivity contribution is 0.0878. The first-order valence-corrected chi connectivity index (χ1v) is 11.1. The molecule has 1 aromatic heterocycles.